The molecular formula is C18H18N4O4S. The molecule has 2 aromatic heterocycles. The van der Waals surface area contributed by atoms with E-state index in [1.54, 1.807) is 18.2 Å². The van der Waals surface area contributed by atoms with E-state index >= 15 is 0 Å². The first-order chi connectivity index (χ1) is 12.9. The Hall–Kier alpha value is -3.20. The molecule has 8 nitrogen and oxygen atoms in total. The molecule has 2 amide bonds. The average molecular weight is 386 g/mol. The molecule has 1 aromatic carbocycles. The van der Waals surface area contributed by atoms with Gasteiger partial charge in [0.25, 0.3) is 5.89 Å². The first-order valence-corrected chi connectivity index (χ1v) is 9.02. The predicted molar refractivity (Wildman–Crippen MR) is 102 cm³/mol. The van der Waals surface area contributed by atoms with Crippen molar-refractivity contribution >= 4 is 28.8 Å². The molecule has 0 unspecified atom stereocenters. The van der Waals surface area contributed by atoms with Gasteiger partial charge in [-0.1, -0.05) is 23.8 Å². The number of likely N-dealkylation sites (N-methyl/N-ethyl adjacent to an activating group) is 1. The van der Waals surface area contributed by atoms with Gasteiger partial charge in [0.2, 0.25) is 11.8 Å². The number of anilines is 1. The zero-order valence-electron chi connectivity index (χ0n) is 14.8. The van der Waals surface area contributed by atoms with Crippen LogP contribution in [-0.4, -0.2) is 40.1 Å². The smallest absolute Gasteiger partial charge is 0.387 e. The second-order valence-electron chi connectivity index (χ2n) is 5.97. The third kappa shape index (κ3) is 4.70. The second kappa shape index (κ2) is 8.00. The van der Waals surface area contributed by atoms with Crippen LogP contribution in [0.15, 0.2) is 51.0 Å². The molecule has 0 atom stereocenters. The molecule has 9 heteroatoms. The van der Waals surface area contributed by atoms with Crippen molar-refractivity contribution in [3.05, 3.63) is 57.9 Å². The summed E-state index contributed by atoms with van der Waals surface area (Å²) in [6.07, 6.45) is 0. The van der Waals surface area contributed by atoms with Crippen molar-refractivity contribution in [3.63, 3.8) is 0 Å². The van der Waals surface area contributed by atoms with Gasteiger partial charge in [0.1, 0.15) is 6.54 Å². The Morgan fingerprint density at radius 2 is 2.00 bits per heavy atom. The van der Waals surface area contributed by atoms with E-state index in [1.165, 1.54) is 23.3 Å². The van der Waals surface area contributed by atoms with E-state index in [0.717, 1.165) is 10.2 Å². The Kier molecular flexibility index (Phi) is 5.51. The Bertz CT molecular complexity index is 989. The molecule has 0 saturated carbocycles. The quantitative estimate of drug-likeness (QED) is 0.699. The first-order valence-electron chi connectivity index (χ1n) is 8.14. The number of aromatic nitrogens is 2. The topological polar surface area (TPSA) is 97.4 Å². The van der Waals surface area contributed by atoms with Crippen LogP contribution in [-0.2, 0) is 16.1 Å². The van der Waals surface area contributed by atoms with Crippen LogP contribution in [0.4, 0.5) is 5.69 Å². The maximum Gasteiger partial charge on any atom is 0.437 e. The molecule has 0 aliphatic heterocycles. The van der Waals surface area contributed by atoms with E-state index in [9.17, 15) is 14.4 Å². The summed E-state index contributed by atoms with van der Waals surface area (Å²) in [5.74, 6) is -1.31. The van der Waals surface area contributed by atoms with Gasteiger partial charge in [0.05, 0.1) is 11.4 Å². The molecule has 0 aliphatic carbocycles. The number of amides is 2. The number of carbonyl (C=O) groups is 2. The fraction of sp³-hybridized carbons (Fsp3) is 0.222. The van der Waals surface area contributed by atoms with E-state index in [-0.39, 0.29) is 24.9 Å². The number of thiophene rings is 1. The molecule has 0 bridgehead atoms. The van der Waals surface area contributed by atoms with Crippen LogP contribution in [0, 0.1) is 6.92 Å². The fourth-order valence-corrected chi connectivity index (χ4v) is 2.94. The number of nitrogens with one attached hydrogen (secondary N) is 1. The Morgan fingerprint density at radius 1 is 1.26 bits per heavy atom. The highest BCUT2D eigenvalue weighted by atomic mass is 32.1. The first kappa shape index (κ1) is 18.6. The van der Waals surface area contributed by atoms with Gasteiger partial charge in [-0.2, -0.15) is 4.68 Å². The van der Waals surface area contributed by atoms with Crippen LogP contribution < -0.4 is 11.1 Å². The zero-order chi connectivity index (χ0) is 19.4. The van der Waals surface area contributed by atoms with Crippen LogP contribution in [0.3, 0.4) is 0 Å². The lowest BCUT2D eigenvalue weighted by atomic mass is 10.2. The van der Waals surface area contributed by atoms with Gasteiger partial charge in [-0.3, -0.25) is 9.59 Å². The Morgan fingerprint density at radius 3 is 2.67 bits per heavy atom. The van der Waals surface area contributed by atoms with E-state index in [2.05, 4.69) is 10.4 Å². The van der Waals surface area contributed by atoms with E-state index < -0.39 is 11.7 Å². The average Bonchev–Trinajstić information content (AvgIpc) is 3.27. The minimum absolute atomic E-state index is 0.142. The highest BCUT2D eigenvalue weighted by Gasteiger charge is 2.18. The molecule has 2 heterocycles. The van der Waals surface area contributed by atoms with Gasteiger partial charge in [0.15, 0.2) is 0 Å². The maximum atomic E-state index is 12.3. The summed E-state index contributed by atoms with van der Waals surface area (Å²) in [6, 6.07) is 10.9. The number of rotatable bonds is 6. The van der Waals surface area contributed by atoms with Crippen LogP contribution >= 0.6 is 11.3 Å². The number of hydrogen-bond acceptors (Lipinski definition) is 6. The normalized spacial score (nSPS) is 10.6. The van der Waals surface area contributed by atoms with Crippen molar-refractivity contribution in [3.8, 4) is 10.8 Å². The number of hydrogen-bond donors (Lipinski definition) is 1. The van der Waals surface area contributed by atoms with E-state index in [4.69, 9.17) is 4.42 Å². The zero-order valence-corrected chi connectivity index (χ0v) is 15.7. The lowest BCUT2D eigenvalue weighted by Crippen LogP contribution is -2.38. The lowest BCUT2D eigenvalue weighted by molar-refractivity contribution is -0.134. The Labute approximate surface area is 159 Å². The third-order valence-corrected chi connectivity index (χ3v) is 4.62. The summed E-state index contributed by atoms with van der Waals surface area (Å²) in [5, 5.41) is 8.58. The molecule has 0 radical (unpaired) electrons. The fourth-order valence-electron chi connectivity index (χ4n) is 2.30. The van der Waals surface area contributed by atoms with Crippen molar-refractivity contribution in [2.24, 2.45) is 0 Å². The predicted octanol–water partition coefficient (Wildman–Crippen LogP) is 1.97. The van der Waals surface area contributed by atoms with Gasteiger partial charge in [-0.25, -0.2) is 4.79 Å². The van der Waals surface area contributed by atoms with Crippen molar-refractivity contribution in [2.75, 3.05) is 18.9 Å². The second-order valence-corrected chi connectivity index (χ2v) is 6.92. The van der Waals surface area contributed by atoms with Gasteiger partial charge in [-0.15, -0.1) is 16.4 Å². The monoisotopic (exact) mass is 386 g/mol. The standard InChI is InChI=1S/C18H18N4O4S/c1-12-5-7-13(8-6-12)19-15(23)10-21(2)16(24)11-22-18(25)26-17(20-22)14-4-3-9-27-14/h3-9H,10-11H2,1-2H3,(H,19,23). The summed E-state index contributed by atoms with van der Waals surface area (Å²) in [4.78, 5) is 38.2. The van der Waals surface area contributed by atoms with Crippen molar-refractivity contribution in [1.82, 2.24) is 14.7 Å². The van der Waals surface area contributed by atoms with Crippen LogP contribution in [0.25, 0.3) is 10.8 Å². The number of carbonyl (C=O) groups excluding carboxylic acids is 2. The van der Waals surface area contributed by atoms with Crippen molar-refractivity contribution in [2.45, 2.75) is 13.5 Å². The Balaban J connectivity index is 1.58. The summed E-state index contributed by atoms with van der Waals surface area (Å²) in [6.45, 7) is 1.51. The van der Waals surface area contributed by atoms with Crippen molar-refractivity contribution in [1.29, 1.82) is 0 Å². The van der Waals surface area contributed by atoms with Crippen molar-refractivity contribution < 1.29 is 14.0 Å². The highest BCUT2D eigenvalue weighted by molar-refractivity contribution is 7.13. The number of benzene rings is 1. The molecule has 0 fully saturated rings. The molecule has 1 N–H and O–H groups in total. The third-order valence-electron chi connectivity index (χ3n) is 3.77. The number of aryl methyl sites for hydroxylation is 1. The molecule has 3 rings (SSSR count). The molecule has 27 heavy (non-hydrogen) atoms. The van der Waals surface area contributed by atoms with Crippen LogP contribution in [0.5, 0.6) is 0 Å². The molecule has 0 saturated heterocycles. The van der Waals surface area contributed by atoms with E-state index in [1.807, 2.05) is 30.5 Å². The summed E-state index contributed by atoms with van der Waals surface area (Å²) in [7, 11) is 1.49. The molecule has 0 aliphatic rings. The summed E-state index contributed by atoms with van der Waals surface area (Å²) >= 11 is 1.38. The minimum Gasteiger partial charge on any atom is -0.387 e. The van der Waals surface area contributed by atoms with Gasteiger partial charge >= 0.3 is 5.76 Å². The lowest BCUT2D eigenvalue weighted by Gasteiger charge is -2.16. The van der Waals surface area contributed by atoms with Crippen LogP contribution in [0.2, 0.25) is 0 Å². The number of nitrogens with zero attached hydrogens (tertiary/aromatic N) is 3. The highest BCUT2D eigenvalue weighted by Crippen LogP contribution is 2.21. The molecule has 3 aromatic rings. The SMILES string of the molecule is Cc1ccc(NC(=O)CN(C)C(=O)Cn2nc(-c3cccs3)oc2=O)cc1. The maximum absolute atomic E-state index is 12.3. The molecule has 140 valence electrons. The summed E-state index contributed by atoms with van der Waals surface area (Å²) in [5.41, 5.74) is 1.74. The van der Waals surface area contributed by atoms with Crippen LogP contribution in [0.1, 0.15) is 5.56 Å². The van der Waals surface area contributed by atoms with Gasteiger partial charge < -0.3 is 14.6 Å². The van der Waals surface area contributed by atoms with E-state index in [0.29, 0.717) is 10.6 Å². The summed E-state index contributed by atoms with van der Waals surface area (Å²) < 4.78 is 6.02. The largest absolute Gasteiger partial charge is 0.437 e. The van der Waals surface area contributed by atoms with Gasteiger partial charge in [0, 0.05) is 12.7 Å². The molecule has 0 spiro atoms. The van der Waals surface area contributed by atoms with Gasteiger partial charge in [-0.05, 0) is 30.5 Å². The molecular weight excluding hydrogens is 368 g/mol. The minimum atomic E-state index is -0.718.